The Morgan fingerprint density at radius 2 is 2.00 bits per heavy atom. The van der Waals surface area contributed by atoms with Gasteiger partial charge in [0.15, 0.2) is 5.96 Å². The summed E-state index contributed by atoms with van der Waals surface area (Å²) in [6, 6.07) is 8.67. The summed E-state index contributed by atoms with van der Waals surface area (Å²) >= 11 is 0. The van der Waals surface area contributed by atoms with Crippen LogP contribution >= 0.6 is 24.0 Å². The second-order valence-corrected chi connectivity index (χ2v) is 8.34. The maximum Gasteiger partial charge on any atom is 0.243 e. The summed E-state index contributed by atoms with van der Waals surface area (Å²) in [4.78, 5) is 18.2. The van der Waals surface area contributed by atoms with Crippen molar-refractivity contribution < 1.29 is 9.53 Å². The van der Waals surface area contributed by atoms with Gasteiger partial charge < -0.3 is 20.3 Å². The molecule has 2 N–H and O–H groups in total. The minimum Gasteiger partial charge on any atom is -0.487 e. The third-order valence-electron chi connectivity index (χ3n) is 5.89. The topological polar surface area (TPSA) is 66.0 Å². The maximum atomic E-state index is 12.0. The Hall–Kier alpha value is -1.51. The fourth-order valence-electron chi connectivity index (χ4n) is 3.99. The zero-order valence-electron chi connectivity index (χ0n) is 18.0. The lowest BCUT2D eigenvalue weighted by atomic mass is 9.86. The van der Waals surface area contributed by atoms with Crippen LogP contribution in [0.5, 0.6) is 5.75 Å². The third kappa shape index (κ3) is 5.99. The second kappa shape index (κ2) is 10.5. The summed E-state index contributed by atoms with van der Waals surface area (Å²) in [6.45, 7) is 4.40. The maximum absolute atomic E-state index is 12.0. The van der Waals surface area contributed by atoms with Crippen LogP contribution < -0.4 is 15.4 Å². The summed E-state index contributed by atoms with van der Waals surface area (Å²) in [5, 5.41) is 7.06. The molecule has 29 heavy (non-hydrogen) atoms. The molecule has 7 heteroatoms. The van der Waals surface area contributed by atoms with Gasteiger partial charge in [0, 0.05) is 32.1 Å². The lowest BCUT2D eigenvalue weighted by molar-refractivity contribution is -0.127. The summed E-state index contributed by atoms with van der Waals surface area (Å²) in [7, 11) is 3.51. The van der Waals surface area contributed by atoms with E-state index in [-0.39, 0.29) is 54.1 Å². The molecule has 2 unspecified atom stereocenters. The Morgan fingerprint density at radius 1 is 1.31 bits per heavy atom. The van der Waals surface area contributed by atoms with Crippen molar-refractivity contribution >= 4 is 35.8 Å². The molecule has 2 atom stereocenters. The molecule has 6 nitrogen and oxygen atoms in total. The number of hydrogen-bond acceptors (Lipinski definition) is 3. The quantitative estimate of drug-likeness (QED) is 0.356. The number of likely N-dealkylation sites (N-methyl/N-ethyl adjacent to an activating group) is 1. The molecule has 3 rings (SSSR count). The van der Waals surface area contributed by atoms with Crippen LogP contribution in [0.2, 0.25) is 0 Å². The van der Waals surface area contributed by atoms with Gasteiger partial charge in [-0.1, -0.05) is 25.1 Å². The van der Waals surface area contributed by atoms with E-state index >= 15 is 0 Å². The average Bonchev–Trinajstić information content (AvgIpc) is 3.12. The second-order valence-electron chi connectivity index (χ2n) is 8.34. The number of ether oxygens (including phenoxy) is 1. The van der Waals surface area contributed by atoms with Crippen LogP contribution in [0.3, 0.4) is 0 Å². The normalized spacial score (nSPS) is 20.8. The predicted molar refractivity (Wildman–Crippen MR) is 128 cm³/mol. The Bertz CT molecular complexity index is 717. The fourth-order valence-corrected chi connectivity index (χ4v) is 3.99. The van der Waals surface area contributed by atoms with Gasteiger partial charge in [0.25, 0.3) is 0 Å². The number of nitrogens with zero attached hydrogens (tertiary/aromatic N) is 2. The molecule has 1 amide bonds. The molecule has 0 saturated heterocycles. The number of para-hydroxylation sites is 1. The van der Waals surface area contributed by atoms with Crippen molar-refractivity contribution in [1.82, 2.24) is 15.5 Å². The van der Waals surface area contributed by atoms with E-state index in [0.717, 1.165) is 37.0 Å². The van der Waals surface area contributed by atoms with Gasteiger partial charge in [-0.2, -0.15) is 0 Å². The highest BCUT2D eigenvalue weighted by Crippen LogP contribution is 2.46. The van der Waals surface area contributed by atoms with E-state index in [0.29, 0.717) is 5.96 Å². The molecule has 0 bridgehead atoms. The van der Waals surface area contributed by atoms with Gasteiger partial charge in [-0.15, -0.1) is 24.0 Å². The Kier molecular flexibility index (Phi) is 8.60. The van der Waals surface area contributed by atoms with Crippen LogP contribution in [-0.4, -0.2) is 49.0 Å². The van der Waals surface area contributed by atoms with E-state index in [2.05, 4.69) is 47.7 Å². The van der Waals surface area contributed by atoms with E-state index in [4.69, 9.17) is 4.74 Å². The number of benzene rings is 1. The van der Waals surface area contributed by atoms with E-state index in [1.807, 2.05) is 6.07 Å². The number of guanidine groups is 1. The van der Waals surface area contributed by atoms with E-state index in [1.54, 1.807) is 19.0 Å². The molecule has 1 saturated carbocycles. The van der Waals surface area contributed by atoms with Crippen molar-refractivity contribution in [2.75, 3.05) is 20.6 Å². The lowest BCUT2D eigenvalue weighted by Gasteiger charge is -2.40. The number of halogens is 1. The van der Waals surface area contributed by atoms with Gasteiger partial charge in [0.2, 0.25) is 5.91 Å². The summed E-state index contributed by atoms with van der Waals surface area (Å²) in [5.74, 6) is 1.66. The van der Waals surface area contributed by atoms with Crippen LogP contribution in [0.4, 0.5) is 0 Å². The molecule has 162 valence electrons. The van der Waals surface area contributed by atoms with Crippen LogP contribution in [0.15, 0.2) is 29.3 Å². The standard InChI is InChI=1S/C22H34N4O2.HI/c1-5-16(2)24-21(23-15-20(27)26(3)4)25-18-14-22(12-8-9-13-22)28-19-11-7-6-10-17(18)19;/h6-7,10-11,16,18H,5,8-9,12-15H2,1-4H3,(H2,23,24,25);1H. The van der Waals surface area contributed by atoms with Crippen LogP contribution in [0, 0.1) is 0 Å². The molecular weight excluding hydrogens is 479 g/mol. The van der Waals surface area contributed by atoms with Gasteiger partial charge in [-0.25, -0.2) is 4.99 Å². The van der Waals surface area contributed by atoms with E-state index in [9.17, 15) is 4.79 Å². The first-order valence-electron chi connectivity index (χ1n) is 10.5. The minimum absolute atomic E-state index is 0. The average molecular weight is 514 g/mol. The van der Waals surface area contributed by atoms with Gasteiger partial charge in [-0.3, -0.25) is 4.79 Å². The molecule has 1 heterocycles. The molecule has 1 aliphatic carbocycles. The first kappa shape index (κ1) is 23.8. The molecule has 1 aromatic rings. The van der Waals surface area contributed by atoms with Crippen molar-refractivity contribution in [3.8, 4) is 5.75 Å². The zero-order valence-corrected chi connectivity index (χ0v) is 20.4. The summed E-state index contributed by atoms with van der Waals surface area (Å²) in [6.07, 6.45) is 6.55. The Balaban J connectivity index is 0.00000300. The fraction of sp³-hybridized carbons (Fsp3) is 0.636. The number of fused-ring (bicyclic) bond motifs is 1. The monoisotopic (exact) mass is 514 g/mol. The molecule has 2 aliphatic rings. The Labute approximate surface area is 191 Å². The largest absolute Gasteiger partial charge is 0.487 e. The lowest BCUT2D eigenvalue weighted by Crippen LogP contribution is -2.48. The van der Waals surface area contributed by atoms with Crippen molar-refractivity contribution in [3.05, 3.63) is 29.8 Å². The van der Waals surface area contributed by atoms with Gasteiger partial charge >= 0.3 is 0 Å². The highest BCUT2D eigenvalue weighted by molar-refractivity contribution is 14.0. The number of rotatable bonds is 5. The predicted octanol–water partition coefficient (Wildman–Crippen LogP) is 3.86. The number of amides is 1. The zero-order chi connectivity index (χ0) is 20.1. The molecule has 0 radical (unpaired) electrons. The number of aliphatic imine (C=N–C) groups is 1. The molecule has 0 aromatic heterocycles. The first-order valence-corrected chi connectivity index (χ1v) is 10.5. The number of carbonyl (C=O) groups is 1. The van der Waals surface area contributed by atoms with Crippen LogP contribution in [0.25, 0.3) is 0 Å². The number of nitrogens with one attached hydrogen (secondary N) is 2. The van der Waals surface area contributed by atoms with Crippen molar-refractivity contribution in [3.63, 3.8) is 0 Å². The van der Waals surface area contributed by atoms with Gasteiger partial charge in [-0.05, 0) is 45.1 Å². The van der Waals surface area contributed by atoms with Gasteiger partial charge in [0.05, 0.1) is 6.04 Å². The summed E-state index contributed by atoms with van der Waals surface area (Å²) in [5.41, 5.74) is 1.09. The Morgan fingerprint density at radius 3 is 2.66 bits per heavy atom. The molecular formula is C22H35IN4O2. The summed E-state index contributed by atoms with van der Waals surface area (Å²) < 4.78 is 6.46. The SMILES string of the molecule is CCC(C)NC(=NCC(=O)N(C)C)NC1CC2(CCCC2)Oc2ccccc21.I. The highest BCUT2D eigenvalue weighted by atomic mass is 127. The number of hydrogen-bond donors (Lipinski definition) is 2. The molecule has 1 spiro atoms. The molecule has 1 aromatic carbocycles. The third-order valence-corrected chi connectivity index (χ3v) is 5.89. The number of carbonyl (C=O) groups excluding carboxylic acids is 1. The van der Waals surface area contributed by atoms with Gasteiger partial charge in [0.1, 0.15) is 17.9 Å². The van der Waals surface area contributed by atoms with E-state index in [1.165, 1.54) is 12.8 Å². The van der Waals surface area contributed by atoms with Crippen molar-refractivity contribution in [1.29, 1.82) is 0 Å². The first-order chi connectivity index (χ1) is 13.4. The van der Waals surface area contributed by atoms with Crippen molar-refractivity contribution in [2.24, 2.45) is 4.99 Å². The van der Waals surface area contributed by atoms with E-state index < -0.39 is 0 Å². The van der Waals surface area contributed by atoms with Crippen LogP contribution in [0.1, 0.15) is 64.0 Å². The molecule has 1 fully saturated rings. The molecule has 1 aliphatic heterocycles. The smallest absolute Gasteiger partial charge is 0.243 e. The minimum atomic E-state index is -0.0764. The van der Waals surface area contributed by atoms with Crippen molar-refractivity contribution in [2.45, 2.75) is 70.1 Å². The van der Waals surface area contributed by atoms with Crippen LogP contribution in [-0.2, 0) is 4.79 Å². The highest BCUT2D eigenvalue weighted by Gasteiger charge is 2.43.